The molecular weight excluding hydrogens is 358 g/mol. The monoisotopic (exact) mass is 381 g/mol. The van der Waals surface area contributed by atoms with Crippen LogP contribution in [0.2, 0.25) is 0 Å². The summed E-state index contributed by atoms with van der Waals surface area (Å²) in [5.41, 5.74) is 2.17. The van der Waals surface area contributed by atoms with Crippen LogP contribution in [0, 0.1) is 0 Å². The number of thiazole rings is 1. The standard InChI is InChI=1S/C20H23N5OS/c26-19(15-18-16-27-20(22-18)25-8-1-2-9-25)24-13-11-23(12-14-24)10-5-17-3-6-21-7-4-17/h1-4,6-9,16H,5,10-15H2. The van der Waals surface area contributed by atoms with Gasteiger partial charge in [0.05, 0.1) is 12.1 Å². The van der Waals surface area contributed by atoms with Crippen molar-refractivity contribution in [1.82, 2.24) is 24.3 Å². The summed E-state index contributed by atoms with van der Waals surface area (Å²) in [4.78, 5) is 25.6. The molecule has 0 radical (unpaired) electrons. The molecule has 1 saturated heterocycles. The SMILES string of the molecule is O=C(Cc1csc(-n2cccc2)n1)N1CCN(CCc2ccncc2)CC1. The van der Waals surface area contributed by atoms with Crippen molar-refractivity contribution in [2.45, 2.75) is 12.8 Å². The third-order valence-electron chi connectivity index (χ3n) is 4.89. The Morgan fingerprint density at radius 1 is 1.07 bits per heavy atom. The van der Waals surface area contributed by atoms with Gasteiger partial charge in [0.2, 0.25) is 5.91 Å². The smallest absolute Gasteiger partial charge is 0.228 e. The van der Waals surface area contributed by atoms with E-state index in [0.717, 1.165) is 50.0 Å². The molecule has 0 saturated carbocycles. The van der Waals surface area contributed by atoms with Crippen molar-refractivity contribution in [2.24, 2.45) is 0 Å². The molecule has 0 aliphatic carbocycles. The number of amides is 1. The summed E-state index contributed by atoms with van der Waals surface area (Å²) in [6.07, 6.45) is 9.02. The van der Waals surface area contributed by atoms with Crippen LogP contribution < -0.4 is 0 Å². The van der Waals surface area contributed by atoms with Gasteiger partial charge >= 0.3 is 0 Å². The van der Waals surface area contributed by atoms with Crippen LogP contribution in [0.15, 0.2) is 54.4 Å². The Morgan fingerprint density at radius 3 is 2.56 bits per heavy atom. The molecule has 0 N–H and O–H groups in total. The molecule has 1 aliphatic rings. The summed E-state index contributed by atoms with van der Waals surface area (Å²) in [6, 6.07) is 8.08. The fraction of sp³-hybridized carbons (Fsp3) is 0.350. The van der Waals surface area contributed by atoms with Gasteiger partial charge in [0.15, 0.2) is 5.13 Å². The number of aromatic nitrogens is 3. The third kappa shape index (κ3) is 4.61. The molecule has 1 aliphatic heterocycles. The summed E-state index contributed by atoms with van der Waals surface area (Å²) < 4.78 is 1.97. The second-order valence-corrected chi connectivity index (χ2v) is 7.55. The van der Waals surface area contributed by atoms with E-state index in [1.807, 2.05) is 51.8 Å². The van der Waals surface area contributed by atoms with Gasteiger partial charge in [0.1, 0.15) is 0 Å². The van der Waals surface area contributed by atoms with E-state index >= 15 is 0 Å². The largest absolute Gasteiger partial charge is 0.340 e. The van der Waals surface area contributed by atoms with Crippen LogP contribution in [0.4, 0.5) is 0 Å². The topological polar surface area (TPSA) is 54.3 Å². The number of pyridine rings is 1. The molecule has 0 bridgehead atoms. The Kier molecular flexibility index (Phi) is 5.60. The van der Waals surface area contributed by atoms with Crippen LogP contribution in [-0.2, 0) is 17.6 Å². The lowest BCUT2D eigenvalue weighted by atomic mass is 10.2. The molecule has 0 spiro atoms. The van der Waals surface area contributed by atoms with Crippen LogP contribution in [0.3, 0.4) is 0 Å². The van der Waals surface area contributed by atoms with E-state index in [-0.39, 0.29) is 5.91 Å². The summed E-state index contributed by atoms with van der Waals surface area (Å²) in [5, 5.41) is 2.89. The fourth-order valence-electron chi connectivity index (χ4n) is 3.28. The minimum absolute atomic E-state index is 0.174. The summed E-state index contributed by atoms with van der Waals surface area (Å²) >= 11 is 1.57. The molecule has 0 unspecified atom stereocenters. The summed E-state index contributed by atoms with van der Waals surface area (Å²) in [7, 11) is 0. The lowest BCUT2D eigenvalue weighted by molar-refractivity contribution is -0.132. The Morgan fingerprint density at radius 2 is 1.81 bits per heavy atom. The molecule has 3 aromatic rings. The van der Waals surface area contributed by atoms with Crippen molar-refractivity contribution in [3.05, 3.63) is 65.7 Å². The fourth-order valence-corrected chi connectivity index (χ4v) is 4.07. The number of carbonyl (C=O) groups excluding carboxylic acids is 1. The zero-order valence-electron chi connectivity index (χ0n) is 15.2. The highest BCUT2D eigenvalue weighted by atomic mass is 32.1. The van der Waals surface area contributed by atoms with Gasteiger partial charge < -0.3 is 9.47 Å². The molecule has 4 rings (SSSR count). The van der Waals surface area contributed by atoms with Gasteiger partial charge in [-0.25, -0.2) is 4.98 Å². The first-order chi connectivity index (χ1) is 13.3. The van der Waals surface area contributed by atoms with E-state index < -0.39 is 0 Å². The van der Waals surface area contributed by atoms with E-state index in [1.54, 1.807) is 11.3 Å². The molecule has 0 atom stereocenters. The second-order valence-electron chi connectivity index (χ2n) is 6.72. The van der Waals surface area contributed by atoms with Gasteiger partial charge in [-0.1, -0.05) is 0 Å². The molecule has 1 fully saturated rings. The van der Waals surface area contributed by atoms with E-state index in [1.165, 1.54) is 5.56 Å². The number of rotatable bonds is 6. The van der Waals surface area contributed by atoms with E-state index in [2.05, 4.69) is 27.0 Å². The average molecular weight is 382 g/mol. The van der Waals surface area contributed by atoms with Gasteiger partial charge in [-0.15, -0.1) is 11.3 Å². The molecule has 4 heterocycles. The lowest BCUT2D eigenvalue weighted by Crippen LogP contribution is -2.49. The zero-order valence-corrected chi connectivity index (χ0v) is 16.0. The van der Waals surface area contributed by atoms with Crippen molar-refractivity contribution in [2.75, 3.05) is 32.7 Å². The molecule has 7 heteroatoms. The zero-order chi connectivity index (χ0) is 18.5. The normalized spacial score (nSPS) is 15.2. The van der Waals surface area contributed by atoms with Crippen LogP contribution in [-0.4, -0.2) is 63.0 Å². The lowest BCUT2D eigenvalue weighted by Gasteiger charge is -2.34. The number of piperazine rings is 1. The maximum Gasteiger partial charge on any atom is 0.228 e. The number of hydrogen-bond acceptors (Lipinski definition) is 5. The Bertz CT molecular complexity index is 854. The van der Waals surface area contributed by atoms with E-state index in [9.17, 15) is 4.79 Å². The second kappa shape index (κ2) is 8.45. The first-order valence-corrected chi connectivity index (χ1v) is 10.1. The van der Waals surface area contributed by atoms with Gasteiger partial charge in [-0.2, -0.15) is 0 Å². The van der Waals surface area contributed by atoms with Crippen molar-refractivity contribution < 1.29 is 4.79 Å². The van der Waals surface area contributed by atoms with Crippen molar-refractivity contribution in [3.8, 4) is 5.13 Å². The Labute approximate surface area is 163 Å². The average Bonchev–Trinajstić information content (AvgIpc) is 3.39. The maximum absolute atomic E-state index is 12.6. The molecule has 27 heavy (non-hydrogen) atoms. The molecule has 3 aromatic heterocycles. The predicted molar refractivity (Wildman–Crippen MR) is 106 cm³/mol. The Hall–Kier alpha value is -2.51. The van der Waals surface area contributed by atoms with Crippen LogP contribution in [0.1, 0.15) is 11.3 Å². The molecule has 1 amide bonds. The third-order valence-corrected chi connectivity index (χ3v) is 5.79. The van der Waals surface area contributed by atoms with Crippen molar-refractivity contribution >= 4 is 17.2 Å². The highest BCUT2D eigenvalue weighted by molar-refractivity contribution is 7.12. The molecule has 6 nitrogen and oxygen atoms in total. The molecule has 0 aromatic carbocycles. The van der Waals surface area contributed by atoms with Crippen LogP contribution in [0.5, 0.6) is 0 Å². The first kappa shape index (κ1) is 17.9. The summed E-state index contributed by atoms with van der Waals surface area (Å²) in [5.74, 6) is 0.174. The first-order valence-electron chi connectivity index (χ1n) is 9.25. The Balaban J connectivity index is 1.24. The van der Waals surface area contributed by atoms with Gasteiger partial charge in [-0.3, -0.25) is 14.7 Å². The number of carbonyl (C=O) groups is 1. The minimum Gasteiger partial charge on any atom is -0.340 e. The van der Waals surface area contributed by atoms with Crippen LogP contribution in [0.25, 0.3) is 5.13 Å². The molecular formula is C20H23N5OS. The number of nitrogens with zero attached hydrogens (tertiary/aromatic N) is 5. The van der Waals surface area contributed by atoms with Gasteiger partial charge in [0, 0.05) is 62.9 Å². The maximum atomic E-state index is 12.6. The minimum atomic E-state index is 0.174. The van der Waals surface area contributed by atoms with Gasteiger partial charge in [0.25, 0.3) is 0 Å². The van der Waals surface area contributed by atoms with Crippen LogP contribution >= 0.6 is 11.3 Å². The van der Waals surface area contributed by atoms with Crippen molar-refractivity contribution in [1.29, 1.82) is 0 Å². The van der Waals surface area contributed by atoms with Crippen molar-refractivity contribution in [3.63, 3.8) is 0 Å². The number of hydrogen-bond donors (Lipinski definition) is 0. The summed E-state index contributed by atoms with van der Waals surface area (Å²) in [6.45, 7) is 4.48. The van der Waals surface area contributed by atoms with Gasteiger partial charge in [-0.05, 0) is 36.2 Å². The van der Waals surface area contributed by atoms with E-state index in [0.29, 0.717) is 6.42 Å². The highest BCUT2D eigenvalue weighted by Gasteiger charge is 2.21. The highest BCUT2D eigenvalue weighted by Crippen LogP contribution is 2.16. The molecule has 140 valence electrons. The predicted octanol–water partition coefficient (Wildman–Crippen LogP) is 2.26. The van der Waals surface area contributed by atoms with E-state index in [4.69, 9.17) is 0 Å². The quantitative estimate of drug-likeness (QED) is 0.657.